The van der Waals surface area contributed by atoms with Crippen LogP contribution in [0.25, 0.3) is 22.2 Å². The van der Waals surface area contributed by atoms with E-state index in [0.29, 0.717) is 37.9 Å². The number of carbonyl (C=O) groups is 1. The lowest BCUT2D eigenvalue weighted by atomic mass is 10.0. The highest BCUT2D eigenvalue weighted by molar-refractivity contribution is 5.88. The van der Waals surface area contributed by atoms with Crippen molar-refractivity contribution < 1.29 is 24.5 Å². The van der Waals surface area contributed by atoms with Crippen molar-refractivity contribution >= 4 is 16.9 Å². The van der Waals surface area contributed by atoms with Crippen LogP contribution in [-0.4, -0.2) is 46.2 Å². The summed E-state index contributed by atoms with van der Waals surface area (Å²) in [4.78, 5) is 11.3. The topological polar surface area (TPSA) is 80.9 Å². The molecule has 0 aliphatic rings. The van der Waals surface area contributed by atoms with E-state index >= 15 is 0 Å². The minimum Gasteiger partial charge on any atom is -0.494 e. The minimum absolute atomic E-state index is 0.200. The van der Waals surface area contributed by atoms with Gasteiger partial charge in [0.1, 0.15) is 5.75 Å². The van der Waals surface area contributed by atoms with Crippen LogP contribution in [0, 0.1) is 0 Å². The third kappa shape index (κ3) is 6.96. The van der Waals surface area contributed by atoms with E-state index < -0.39 is 18.2 Å². The first-order valence-corrected chi connectivity index (χ1v) is 12.3. The van der Waals surface area contributed by atoms with Crippen LogP contribution < -0.4 is 4.74 Å². The number of aromatic nitrogens is 1. The molecule has 0 aliphatic carbocycles. The molecule has 6 nitrogen and oxygen atoms in total. The predicted molar refractivity (Wildman–Crippen MR) is 139 cm³/mol. The van der Waals surface area contributed by atoms with Gasteiger partial charge in [-0.25, -0.2) is 4.79 Å². The van der Waals surface area contributed by atoms with Crippen LogP contribution in [-0.2, 0) is 23.0 Å². The summed E-state index contributed by atoms with van der Waals surface area (Å²) >= 11 is 0. The number of fused-ring (bicyclic) bond motifs is 1. The van der Waals surface area contributed by atoms with Gasteiger partial charge in [0.2, 0.25) is 0 Å². The molecule has 2 unspecified atom stereocenters. The normalized spacial score (nSPS) is 12.9. The average molecular weight is 480 g/mol. The summed E-state index contributed by atoms with van der Waals surface area (Å²) in [6.07, 6.45) is 1.17. The molecule has 3 aromatic rings. The van der Waals surface area contributed by atoms with Gasteiger partial charge in [0, 0.05) is 35.3 Å². The standard InChI is InChI=1S/C29H37NO5/c1-5-21-10-6-7-11-24(21)26-18-22-14-15-23(19-25(22)30(26)4)34-16-8-12-27(31)28(32)13-9-17-35-29(33)20(2)3/h6-7,10-11,14-15,18-19,27-28,31-32H,2,5,8-9,12-13,16-17H2,1,3-4H3. The third-order valence-corrected chi connectivity index (χ3v) is 6.27. The van der Waals surface area contributed by atoms with Crippen LogP contribution in [0.3, 0.4) is 0 Å². The SMILES string of the molecule is C=C(C)C(=O)OCCCC(O)C(O)CCCOc1ccc2cc(-c3ccccc3CC)n(C)c2c1. The summed E-state index contributed by atoms with van der Waals surface area (Å²) in [6, 6.07) is 16.8. The van der Waals surface area contributed by atoms with Gasteiger partial charge >= 0.3 is 5.97 Å². The van der Waals surface area contributed by atoms with E-state index in [1.54, 1.807) is 6.92 Å². The van der Waals surface area contributed by atoms with Crippen molar-refractivity contribution in [1.82, 2.24) is 4.57 Å². The second kappa shape index (κ2) is 12.6. The van der Waals surface area contributed by atoms with Gasteiger partial charge in [0.05, 0.1) is 30.9 Å². The molecule has 1 aromatic heterocycles. The molecule has 0 saturated carbocycles. The fourth-order valence-corrected chi connectivity index (χ4v) is 4.18. The number of ether oxygens (including phenoxy) is 2. The summed E-state index contributed by atoms with van der Waals surface area (Å²) in [5.41, 5.74) is 5.20. The van der Waals surface area contributed by atoms with E-state index in [1.165, 1.54) is 16.8 Å². The number of hydrogen-bond acceptors (Lipinski definition) is 5. The molecular weight excluding hydrogens is 442 g/mol. The Labute approximate surface area is 207 Å². The van der Waals surface area contributed by atoms with Crippen molar-refractivity contribution in [3.63, 3.8) is 0 Å². The number of aliphatic hydroxyl groups excluding tert-OH is 2. The maximum atomic E-state index is 11.3. The van der Waals surface area contributed by atoms with Crippen molar-refractivity contribution in [2.24, 2.45) is 7.05 Å². The minimum atomic E-state index is -0.859. The quantitative estimate of drug-likeness (QED) is 0.200. The fraction of sp³-hybridized carbons (Fsp3) is 0.414. The van der Waals surface area contributed by atoms with Crippen LogP contribution >= 0.6 is 0 Å². The maximum absolute atomic E-state index is 11.3. The Morgan fingerprint density at radius 1 is 1.03 bits per heavy atom. The number of nitrogens with zero attached hydrogens (tertiary/aromatic N) is 1. The monoisotopic (exact) mass is 479 g/mol. The summed E-state index contributed by atoms with van der Waals surface area (Å²) < 4.78 is 13.1. The first-order chi connectivity index (χ1) is 16.8. The Bertz CT molecular complexity index is 1150. The highest BCUT2D eigenvalue weighted by Gasteiger charge is 2.16. The van der Waals surface area contributed by atoms with Crippen molar-refractivity contribution in [1.29, 1.82) is 0 Å². The smallest absolute Gasteiger partial charge is 0.333 e. The third-order valence-electron chi connectivity index (χ3n) is 6.27. The summed E-state index contributed by atoms with van der Waals surface area (Å²) in [5.74, 6) is 0.344. The summed E-state index contributed by atoms with van der Waals surface area (Å²) in [5, 5.41) is 21.5. The van der Waals surface area contributed by atoms with Crippen molar-refractivity contribution in [2.45, 2.75) is 58.2 Å². The Kier molecular flexibility index (Phi) is 9.52. The lowest BCUT2D eigenvalue weighted by Gasteiger charge is -2.18. The van der Waals surface area contributed by atoms with Crippen molar-refractivity contribution in [2.75, 3.05) is 13.2 Å². The number of esters is 1. The van der Waals surface area contributed by atoms with Crippen molar-refractivity contribution in [3.05, 3.63) is 66.2 Å². The molecule has 2 aromatic carbocycles. The highest BCUT2D eigenvalue weighted by atomic mass is 16.5. The van der Waals surface area contributed by atoms with Crippen LogP contribution in [0.4, 0.5) is 0 Å². The first kappa shape index (κ1) is 26.5. The first-order valence-electron chi connectivity index (χ1n) is 12.3. The average Bonchev–Trinajstić information content (AvgIpc) is 3.19. The molecule has 0 fully saturated rings. The Hall–Kier alpha value is -3.09. The molecule has 1 heterocycles. The molecule has 6 heteroatoms. The largest absolute Gasteiger partial charge is 0.494 e. The van der Waals surface area contributed by atoms with E-state index in [0.717, 1.165) is 23.1 Å². The number of aryl methyl sites for hydroxylation is 2. The molecule has 188 valence electrons. The molecule has 2 N–H and O–H groups in total. The van der Waals surface area contributed by atoms with Gasteiger partial charge in [0.25, 0.3) is 0 Å². The van der Waals surface area contributed by atoms with Gasteiger partial charge in [-0.3, -0.25) is 0 Å². The second-order valence-electron chi connectivity index (χ2n) is 9.00. The molecule has 0 amide bonds. The van der Waals surface area contributed by atoms with E-state index in [2.05, 4.69) is 61.5 Å². The van der Waals surface area contributed by atoms with Gasteiger partial charge < -0.3 is 24.3 Å². The van der Waals surface area contributed by atoms with Crippen LogP contribution in [0.15, 0.2) is 60.7 Å². The molecule has 2 atom stereocenters. The van der Waals surface area contributed by atoms with Crippen LogP contribution in [0.1, 0.15) is 45.1 Å². The summed E-state index contributed by atoms with van der Waals surface area (Å²) in [7, 11) is 2.07. The van der Waals surface area contributed by atoms with E-state index in [9.17, 15) is 15.0 Å². The number of rotatable bonds is 13. The van der Waals surface area contributed by atoms with Gasteiger partial charge in [-0.05, 0) is 62.8 Å². The van der Waals surface area contributed by atoms with Gasteiger partial charge in [-0.1, -0.05) is 37.8 Å². The summed E-state index contributed by atoms with van der Waals surface area (Å²) in [6.45, 7) is 7.93. The van der Waals surface area contributed by atoms with Crippen LogP contribution in [0.2, 0.25) is 0 Å². The number of hydrogen-bond donors (Lipinski definition) is 2. The molecular formula is C29H37NO5. The lowest BCUT2D eigenvalue weighted by molar-refractivity contribution is -0.139. The van der Waals surface area contributed by atoms with Crippen LogP contribution in [0.5, 0.6) is 5.75 Å². The molecule has 0 radical (unpaired) electrons. The number of benzene rings is 2. The zero-order chi connectivity index (χ0) is 25.4. The predicted octanol–water partition coefficient (Wildman–Crippen LogP) is 5.19. The Morgan fingerprint density at radius 3 is 2.40 bits per heavy atom. The van der Waals surface area contributed by atoms with Crippen molar-refractivity contribution in [3.8, 4) is 17.0 Å². The van der Waals surface area contributed by atoms with Gasteiger partial charge in [-0.15, -0.1) is 0 Å². The zero-order valence-corrected chi connectivity index (χ0v) is 21.0. The molecule has 0 saturated heterocycles. The van der Waals surface area contributed by atoms with Gasteiger partial charge in [0.15, 0.2) is 0 Å². The maximum Gasteiger partial charge on any atom is 0.333 e. The lowest BCUT2D eigenvalue weighted by Crippen LogP contribution is -2.26. The second-order valence-corrected chi connectivity index (χ2v) is 9.00. The molecule has 0 bridgehead atoms. The molecule has 0 spiro atoms. The van der Waals surface area contributed by atoms with E-state index in [1.807, 2.05) is 12.1 Å². The zero-order valence-electron chi connectivity index (χ0n) is 21.0. The highest BCUT2D eigenvalue weighted by Crippen LogP contribution is 2.31. The number of aliphatic hydroxyl groups is 2. The van der Waals surface area contributed by atoms with E-state index in [4.69, 9.17) is 9.47 Å². The Morgan fingerprint density at radius 2 is 1.71 bits per heavy atom. The number of carbonyl (C=O) groups excluding carboxylic acids is 1. The van der Waals surface area contributed by atoms with Gasteiger partial charge in [-0.2, -0.15) is 0 Å². The van der Waals surface area contributed by atoms with E-state index in [-0.39, 0.29) is 6.61 Å². The molecule has 35 heavy (non-hydrogen) atoms. The Balaban J connectivity index is 1.49. The fourth-order valence-electron chi connectivity index (χ4n) is 4.18. The molecule has 3 rings (SSSR count). The molecule has 0 aliphatic heterocycles.